The number of nitrogens with one attached hydrogen (secondary N) is 2. The molecule has 2 atom stereocenters. The molecule has 2 unspecified atom stereocenters. The number of aliphatic hydroxyl groups excluding tert-OH is 1. The first-order chi connectivity index (χ1) is 10.9. The van der Waals surface area contributed by atoms with E-state index in [1.165, 1.54) is 4.31 Å². The summed E-state index contributed by atoms with van der Waals surface area (Å²) in [5.74, 6) is -0.477. The third-order valence-electron chi connectivity index (χ3n) is 4.40. The molecule has 23 heavy (non-hydrogen) atoms. The smallest absolute Gasteiger partial charge is 0.279 e. The second-order valence-electron chi connectivity index (χ2n) is 6.56. The van der Waals surface area contributed by atoms with Gasteiger partial charge in [0.25, 0.3) is 16.1 Å². The largest absolute Gasteiger partial charge is 0.382 e. The van der Waals surface area contributed by atoms with E-state index in [4.69, 9.17) is 0 Å². The Morgan fingerprint density at radius 1 is 1.26 bits per heavy atom. The summed E-state index contributed by atoms with van der Waals surface area (Å²) in [5, 5.41) is 13.0. The summed E-state index contributed by atoms with van der Waals surface area (Å²) in [4.78, 5) is 12.1. The monoisotopic (exact) mass is 347 g/mol. The average molecular weight is 347 g/mol. The molecule has 2 aliphatic rings. The molecule has 0 aromatic heterocycles. The fourth-order valence-corrected chi connectivity index (χ4v) is 4.29. The second-order valence-corrected chi connectivity index (χ2v) is 8.26. The Bertz CT molecular complexity index is 487. The molecule has 3 N–H and O–H groups in total. The maximum absolute atomic E-state index is 12.5. The minimum atomic E-state index is -3.66. The Hall–Kier alpha value is -0.700. The van der Waals surface area contributed by atoms with E-state index in [0.29, 0.717) is 19.5 Å². The molecule has 1 saturated carbocycles. The quantitative estimate of drug-likeness (QED) is 0.566. The van der Waals surface area contributed by atoms with Crippen molar-refractivity contribution in [1.82, 2.24) is 14.3 Å². The first-order valence-electron chi connectivity index (χ1n) is 8.70. The maximum Gasteiger partial charge on any atom is 0.279 e. The van der Waals surface area contributed by atoms with Crippen LogP contribution in [0.25, 0.3) is 0 Å². The lowest BCUT2D eigenvalue weighted by Crippen LogP contribution is -2.54. The zero-order valence-electron chi connectivity index (χ0n) is 13.8. The van der Waals surface area contributed by atoms with Gasteiger partial charge in [-0.2, -0.15) is 17.4 Å². The van der Waals surface area contributed by atoms with E-state index in [2.05, 4.69) is 10.0 Å². The zero-order chi connectivity index (χ0) is 16.9. The van der Waals surface area contributed by atoms with Crippen LogP contribution in [0.5, 0.6) is 0 Å². The van der Waals surface area contributed by atoms with E-state index in [0.717, 1.165) is 44.9 Å². The van der Waals surface area contributed by atoms with Crippen LogP contribution in [-0.2, 0) is 15.0 Å². The van der Waals surface area contributed by atoms with Gasteiger partial charge in [0.2, 0.25) is 0 Å². The molecule has 0 aromatic carbocycles. The maximum atomic E-state index is 12.5. The van der Waals surface area contributed by atoms with Gasteiger partial charge in [-0.3, -0.25) is 4.79 Å². The molecule has 7 nitrogen and oxygen atoms in total. The van der Waals surface area contributed by atoms with Gasteiger partial charge in [-0.15, -0.1) is 0 Å². The van der Waals surface area contributed by atoms with Crippen molar-refractivity contribution in [2.45, 2.75) is 76.5 Å². The van der Waals surface area contributed by atoms with Crippen LogP contribution in [-0.4, -0.2) is 55.0 Å². The lowest BCUT2D eigenvalue weighted by atomic mass is 10.0. The molecule has 1 aliphatic heterocycles. The highest BCUT2D eigenvalue weighted by Gasteiger charge is 2.34. The van der Waals surface area contributed by atoms with Crippen LogP contribution in [0.3, 0.4) is 0 Å². The van der Waals surface area contributed by atoms with Crippen molar-refractivity contribution in [3.8, 4) is 0 Å². The summed E-state index contributed by atoms with van der Waals surface area (Å²) in [6.45, 7) is 2.99. The summed E-state index contributed by atoms with van der Waals surface area (Å²) < 4.78 is 29.0. The van der Waals surface area contributed by atoms with Gasteiger partial charge in [0, 0.05) is 19.1 Å². The summed E-state index contributed by atoms with van der Waals surface area (Å²) >= 11 is 0. The number of hydrogen-bond acceptors (Lipinski definition) is 4. The van der Waals surface area contributed by atoms with Crippen molar-refractivity contribution < 1.29 is 18.3 Å². The highest BCUT2D eigenvalue weighted by Crippen LogP contribution is 2.19. The van der Waals surface area contributed by atoms with Crippen molar-refractivity contribution >= 4 is 16.1 Å². The van der Waals surface area contributed by atoms with Crippen molar-refractivity contribution in [2.24, 2.45) is 0 Å². The SMILES string of the molecule is CCCCC(NS(=O)(=O)N1CCCCC1)C(O)C(=O)NC1CC1. The van der Waals surface area contributed by atoms with Gasteiger partial charge in [-0.05, 0) is 32.1 Å². The Labute approximate surface area is 139 Å². The number of carbonyl (C=O) groups excluding carboxylic acids is 1. The Morgan fingerprint density at radius 3 is 2.48 bits per heavy atom. The van der Waals surface area contributed by atoms with Gasteiger partial charge >= 0.3 is 0 Å². The van der Waals surface area contributed by atoms with E-state index in [9.17, 15) is 18.3 Å². The molecule has 0 radical (unpaired) electrons. The summed E-state index contributed by atoms with van der Waals surface area (Å²) in [6.07, 6.45) is 5.33. The normalized spacial score (nSPS) is 22.5. The molecule has 0 aromatic rings. The fraction of sp³-hybridized carbons (Fsp3) is 0.933. The first-order valence-corrected chi connectivity index (χ1v) is 10.1. The van der Waals surface area contributed by atoms with E-state index in [1.807, 2.05) is 6.92 Å². The Kier molecular flexibility index (Phi) is 6.82. The van der Waals surface area contributed by atoms with Crippen LogP contribution in [0.4, 0.5) is 0 Å². The molecular formula is C15H29N3O4S. The summed E-state index contributed by atoms with van der Waals surface area (Å²) in [6, 6.07) is -0.636. The molecule has 1 amide bonds. The molecule has 2 fully saturated rings. The van der Waals surface area contributed by atoms with Gasteiger partial charge in [-0.1, -0.05) is 26.2 Å². The van der Waals surface area contributed by atoms with Crippen molar-refractivity contribution in [3.05, 3.63) is 0 Å². The number of piperidine rings is 1. The number of nitrogens with zero attached hydrogens (tertiary/aromatic N) is 1. The lowest BCUT2D eigenvalue weighted by molar-refractivity contribution is -0.130. The average Bonchev–Trinajstić information content (AvgIpc) is 3.35. The molecular weight excluding hydrogens is 318 g/mol. The van der Waals surface area contributed by atoms with Crippen molar-refractivity contribution in [3.63, 3.8) is 0 Å². The minimum absolute atomic E-state index is 0.141. The van der Waals surface area contributed by atoms with Gasteiger partial charge in [0.1, 0.15) is 6.10 Å². The van der Waals surface area contributed by atoms with Crippen LogP contribution in [0, 0.1) is 0 Å². The third kappa shape index (κ3) is 5.70. The molecule has 1 aliphatic carbocycles. The van der Waals surface area contributed by atoms with Gasteiger partial charge in [-0.25, -0.2) is 0 Å². The highest BCUT2D eigenvalue weighted by atomic mass is 32.2. The molecule has 1 saturated heterocycles. The van der Waals surface area contributed by atoms with Crippen molar-refractivity contribution in [1.29, 1.82) is 0 Å². The van der Waals surface area contributed by atoms with Gasteiger partial charge in [0.05, 0.1) is 6.04 Å². The number of amides is 1. The predicted octanol–water partition coefficient (Wildman–Crippen LogP) is 0.505. The number of aliphatic hydroxyl groups is 1. The van der Waals surface area contributed by atoms with Gasteiger partial charge in [0.15, 0.2) is 0 Å². The molecule has 1 heterocycles. The van der Waals surface area contributed by atoms with Crippen LogP contribution < -0.4 is 10.0 Å². The first kappa shape index (κ1) is 18.6. The standard InChI is InChI=1S/C15H29N3O4S/c1-2-3-7-13(14(19)15(20)16-12-8-9-12)17-23(21,22)18-10-5-4-6-11-18/h12-14,17,19H,2-11H2,1H3,(H,16,20). The van der Waals surface area contributed by atoms with Crippen LogP contribution in [0.15, 0.2) is 0 Å². The number of unbranched alkanes of at least 4 members (excludes halogenated alkanes) is 1. The third-order valence-corrected chi connectivity index (χ3v) is 6.04. The predicted molar refractivity (Wildman–Crippen MR) is 88.0 cm³/mol. The fourth-order valence-electron chi connectivity index (χ4n) is 2.77. The van der Waals surface area contributed by atoms with Gasteiger partial charge < -0.3 is 10.4 Å². The van der Waals surface area contributed by atoms with E-state index >= 15 is 0 Å². The molecule has 8 heteroatoms. The molecule has 0 bridgehead atoms. The minimum Gasteiger partial charge on any atom is -0.382 e. The Morgan fingerprint density at radius 2 is 1.91 bits per heavy atom. The Balaban J connectivity index is 1.99. The highest BCUT2D eigenvalue weighted by molar-refractivity contribution is 7.87. The second kappa shape index (κ2) is 8.41. The summed E-state index contributed by atoms with van der Waals surface area (Å²) in [5.41, 5.74) is 0. The van der Waals surface area contributed by atoms with Crippen molar-refractivity contribution in [2.75, 3.05) is 13.1 Å². The number of carbonyl (C=O) groups is 1. The lowest BCUT2D eigenvalue weighted by Gasteiger charge is -2.30. The van der Waals surface area contributed by atoms with E-state index in [-0.39, 0.29) is 6.04 Å². The molecule has 2 rings (SSSR count). The number of hydrogen-bond donors (Lipinski definition) is 3. The zero-order valence-corrected chi connectivity index (χ0v) is 14.6. The van der Waals surface area contributed by atoms with E-state index < -0.39 is 28.3 Å². The molecule has 0 spiro atoms. The van der Waals surface area contributed by atoms with Crippen LogP contribution >= 0.6 is 0 Å². The number of rotatable bonds is 9. The molecule has 134 valence electrons. The van der Waals surface area contributed by atoms with Crippen LogP contribution in [0.2, 0.25) is 0 Å². The van der Waals surface area contributed by atoms with E-state index in [1.54, 1.807) is 0 Å². The summed E-state index contributed by atoms with van der Waals surface area (Å²) in [7, 11) is -3.66. The topological polar surface area (TPSA) is 98.7 Å². The van der Waals surface area contributed by atoms with Crippen LogP contribution in [0.1, 0.15) is 58.3 Å².